The van der Waals surface area contributed by atoms with Crippen LogP contribution in [0.15, 0.2) is 18.2 Å². The zero-order valence-corrected chi connectivity index (χ0v) is 12.1. The number of nitrogens with one attached hydrogen (secondary N) is 2. The largest absolute Gasteiger partial charge is 0.490 e. The van der Waals surface area contributed by atoms with E-state index in [1.807, 2.05) is 0 Å². The first kappa shape index (κ1) is 15.2. The highest BCUT2D eigenvalue weighted by molar-refractivity contribution is 5.95. The smallest absolute Gasteiger partial charge is 0.312 e. The monoisotopic (exact) mass is 293 g/mol. The molecular formula is C14H19N3O4. The van der Waals surface area contributed by atoms with Crippen LogP contribution in [-0.2, 0) is 4.79 Å². The Morgan fingerprint density at radius 2 is 2.29 bits per heavy atom. The Labute approximate surface area is 122 Å². The van der Waals surface area contributed by atoms with Crippen molar-refractivity contribution in [3.05, 3.63) is 28.3 Å². The fourth-order valence-electron chi connectivity index (χ4n) is 2.45. The number of nitro groups is 1. The predicted octanol–water partition coefficient (Wildman–Crippen LogP) is 1.93. The van der Waals surface area contributed by atoms with Crippen molar-refractivity contribution in [2.75, 3.05) is 19.0 Å². The number of ether oxygens (including phenoxy) is 1. The molecule has 7 nitrogen and oxygen atoms in total. The molecule has 1 amide bonds. The average Bonchev–Trinajstić information content (AvgIpc) is 2.47. The van der Waals surface area contributed by atoms with E-state index in [-0.39, 0.29) is 23.4 Å². The first-order valence-corrected chi connectivity index (χ1v) is 6.88. The summed E-state index contributed by atoms with van der Waals surface area (Å²) in [5.74, 6) is 0.496. The van der Waals surface area contributed by atoms with Crippen molar-refractivity contribution in [2.45, 2.75) is 25.8 Å². The summed E-state index contributed by atoms with van der Waals surface area (Å²) in [4.78, 5) is 22.6. The summed E-state index contributed by atoms with van der Waals surface area (Å²) in [5, 5.41) is 16.8. The van der Waals surface area contributed by atoms with Crippen LogP contribution in [0.3, 0.4) is 0 Å². The van der Waals surface area contributed by atoms with Gasteiger partial charge in [0.1, 0.15) is 0 Å². The van der Waals surface area contributed by atoms with E-state index in [1.165, 1.54) is 19.2 Å². The zero-order chi connectivity index (χ0) is 15.4. The average molecular weight is 293 g/mol. The number of piperidine rings is 1. The fourth-order valence-corrected chi connectivity index (χ4v) is 2.45. The Balaban J connectivity index is 2.10. The van der Waals surface area contributed by atoms with Gasteiger partial charge in [-0.25, -0.2) is 0 Å². The van der Waals surface area contributed by atoms with E-state index in [0.29, 0.717) is 11.6 Å². The molecule has 1 aliphatic heterocycles. The van der Waals surface area contributed by atoms with Crippen LogP contribution in [0.2, 0.25) is 0 Å². The van der Waals surface area contributed by atoms with Gasteiger partial charge in [0, 0.05) is 11.8 Å². The van der Waals surface area contributed by atoms with Crippen LogP contribution in [0.25, 0.3) is 0 Å². The van der Waals surface area contributed by atoms with Gasteiger partial charge >= 0.3 is 5.69 Å². The lowest BCUT2D eigenvalue weighted by atomic mass is 9.94. The molecule has 1 heterocycles. The molecule has 1 aromatic rings. The van der Waals surface area contributed by atoms with E-state index < -0.39 is 4.92 Å². The maximum absolute atomic E-state index is 12.2. The van der Waals surface area contributed by atoms with Gasteiger partial charge in [-0.1, -0.05) is 6.92 Å². The molecule has 0 saturated carbocycles. The van der Waals surface area contributed by atoms with Gasteiger partial charge in [-0.2, -0.15) is 0 Å². The lowest BCUT2D eigenvalue weighted by Gasteiger charge is -2.27. The first-order chi connectivity index (χ1) is 10.0. The number of amides is 1. The van der Waals surface area contributed by atoms with Crippen molar-refractivity contribution >= 4 is 17.3 Å². The van der Waals surface area contributed by atoms with Gasteiger partial charge in [-0.3, -0.25) is 14.9 Å². The number of hydrogen-bond donors (Lipinski definition) is 2. The quantitative estimate of drug-likeness (QED) is 0.653. The van der Waals surface area contributed by atoms with E-state index in [0.717, 1.165) is 19.4 Å². The minimum atomic E-state index is -0.532. The van der Waals surface area contributed by atoms with Crippen LogP contribution in [0.4, 0.5) is 11.4 Å². The van der Waals surface area contributed by atoms with Gasteiger partial charge in [0.15, 0.2) is 5.75 Å². The van der Waals surface area contributed by atoms with Gasteiger partial charge in [0.25, 0.3) is 0 Å². The number of anilines is 1. The molecule has 114 valence electrons. The number of rotatable bonds is 4. The molecular weight excluding hydrogens is 274 g/mol. The Hall–Kier alpha value is -2.15. The molecule has 1 aliphatic rings. The molecule has 2 atom stereocenters. The number of carbonyl (C=O) groups is 1. The van der Waals surface area contributed by atoms with Crippen molar-refractivity contribution < 1.29 is 14.5 Å². The van der Waals surface area contributed by atoms with E-state index in [9.17, 15) is 14.9 Å². The third kappa shape index (κ3) is 3.69. The summed E-state index contributed by atoms with van der Waals surface area (Å²) in [5.41, 5.74) is 0.229. The van der Waals surface area contributed by atoms with Gasteiger partial charge in [0.05, 0.1) is 18.1 Å². The predicted molar refractivity (Wildman–Crippen MR) is 78.5 cm³/mol. The van der Waals surface area contributed by atoms with Crippen LogP contribution in [0.1, 0.15) is 19.8 Å². The van der Waals surface area contributed by atoms with Gasteiger partial charge in [0.2, 0.25) is 5.91 Å². The van der Waals surface area contributed by atoms with Crippen molar-refractivity contribution in [2.24, 2.45) is 5.92 Å². The Morgan fingerprint density at radius 3 is 2.90 bits per heavy atom. The normalized spacial score (nSPS) is 21.6. The molecule has 1 aromatic carbocycles. The molecule has 0 radical (unpaired) electrons. The summed E-state index contributed by atoms with van der Waals surface area (Å²) in [7, 11) is 1.37. The number of hydrogen-bond acceptors (Lipinski definition) is 5. The zero-order valence-electron chi connectivity index (χ0n) is 12.1. The third-order valence-electron chi connectivity index (χ3n) is 3.63. The highest BCUT2D eigenvalue weighted by Crippen LogP contribution is 2.29. The van der Waals surface area contributed by atoms with Gasteiger partial charge < -0.3 is 15.4 Å². The number of carbonyl (C=O) groups excluding carboxylic acids is 1. The molecule has 0 aromatic heterocycles. The Bertz CT molecular complexity index is 547. The summed E-state index contributed by atoms with van der Waals surface area (Å²) in [6.07, 6.45) is 1.82. The topological polar surface area (TPSA) is 93.5 Å². The highest BCUT2D eigenvalue weighted by Gasteiger charge is 2.25. The molecule has 0 bridgehead atoms. The van der Waals surface area contributed by atoms with E-state index in [4.69, 9.17) is 4.74 Å². The number of methoxy groups -OCH3 is 1. The molecule has 0 spiro atoms. The van der Waals surface area contributed by atoms with Crippen molar-refractivity contribution in [3.8, 4) is 5.75 Å². The summed E-state index contributed by atoms with van der Waals surface area (Å²) in [6, 6.07) is 4.12. The minimum absolute atomic E-state index is 0.166. The van der Waals surface area contributed by atoms with E-state index in [1.54, 1.807) is 6.07 Å². The van der Waals surface area contributed by atoms with Crippen molar-refractivity contribution in [1.82, 2.24) is 5.32 Å². The van der Waals surface area contributed by atoms with Crippen molar-refractivity contribution in [3.63, 3.8) is 0 Å². The van der Waals surface area contributed by atoms with E-state index >= 15 is 0 Å². The molecule has 0 aliphatic carbocycles. The maximum Gasteiger partial charge on any atom is 0.312 e. The SMILES string of the molecule is COc1ccc(NC(=O)C2CC(C)CCN2)cc1[N+](=O)[O-]. The second-order valence-electron chi connectivity index (χ2n) is 5.27. The summed E-state index contributed by atoms with van der Waals surface area (Å²) < 4.78 is 4.93. The molecule has 7 heteroatoms. The van der Waals surface area contributed by atoms with Gasteiger partial charge in [-0.15, -0.1) is 0 Å². The molecule has 1 fully saturated rings. The standard InChI is InChI=1S/C14H19N3O4/c1-9-5-6-15-11(7-9)14(18)16-10-3-4-13(21-2)12(8-10)17(19)20/h3-4,8-9,11,15H,5-7H2,1-2H3,(H,16,18). The number of nitro benzene ring substituents is 1. The Morgan fingerprint density at radius 1 is 1.52 bits per heavy atom. The van der Waals surface area contributed by atoms with Crippen LogP contribution in [-0.4, -0.2) is 30.5 Å². The highest BCUT2D eigenvalue weighted by atomic mass is 16.6. The van der Waals surface area contributed by atoms with Crippen LogP contribution in [0.5, 0.6) is 5.75 Å². The fraction of sp³-hybridized carbons (Fsp3) is 0.500. The van der Waals surface area contributed by atoms with Crippen molar-refractivity contribution in [1.29, 1.82) is 0 Å². The summed E-state index contributed by atoms with van der Waals surface area (Å²) in [6.45, 7) is 2.92. The minimum Gasteiger partial charge on any atom is -0.490 e. The molecule has 21 heavy (non-hydrogen) atoms. The van der Waals surface area contributed by atoms with E-state index in [2.05, 4.69) is 17.6 Å². The number of nitrogens with zero attached hydrogens (tertiary/aromatic N) is 1. The molecule has 1 saturated heterocycles. The summed E-state index contributed by atoms with van der Waals surface area (Å²) >= 11 is 0. The second-order valence-corrected chi connectivity index (χ2v) is 5.27. The molecule has 2 rings (SSSR count). The van der Waals surface area contributed by atoms with Crippen LogP contribution < -0.4 is 15.4 Å². The molecule has 2 N–H and O–H groups in total. The number of benzene rings is 1. The lowest BCUT2D eigenvalue weighted by Crippen LogP contribution is -2.45. The van der Waals surface area contributed by atoms with Crippen LogP contribution >= 0.6 is 0 Å². The molecule has 2 unspecified atom stereocenters. The van der Waals surface area contributed by atoms with Crippen LogP contribution in [0, 0.1) is 16.0 Å². The third-order valence-corrected chi connectivity index (χ3v) is 3.63. The Kier molecular flexibility index (Phi) is 4.74. The second kappa shape index (κ2) is 6.53. The van der Waals surface area contributed by atoms with Gasteiger partial charge in [-0.05, 0) is 37.4 Å². The lowest BCUT2D eigenvalue weighted by molar-refractivity contribution is -0.385. The maximum atomic E-state index is 12.2. The first-order valence-electron chi connectivity index (χ1n) is 6.88.